The molecule has 1 amide bonds. The van der Waals surface area contributed by atoms with Crippen molar-refractivity contribution >= 4 is 37.5 Å². The molecule has 0 saturated heterocycles. The number of ether oxygens (including phenoxy) is 1. The van der Waals surface area contributed by atoms with Crippen LogP contribution in [0.5, 0.6) is 5.75 Å². The van der Waals surface area contributed by atoms with Crippen LogP contribution in [0.25, 0.3) is 0 Å². The molecular weight excluding hydrogens is 420 g/mol. The zero-order valence-electron chi connectivity index (χ0n) is 14.7. The van der Waals surface area contributed by atoms with E-state index < -0.39 is 22.0 Å². The minimum Gasteiger partial charge on any atom is -0.494 e. The Morgan fingerprint density at radius 1 is 1.19 bits per heavy atom. The molecular formula is C18H21BrN2O4S. The molecule has 0 spiro atoms. The van der Waals surface area contributed by atoms with Gasteiger partial charge in [-0.25, -0.2) is 8.42 Å². The topological polar surface area (TPSA) is 84.5 Å². The summed E-state index contributed by atoms with van der Waals surface area (Å²) in [5.41, 5.74) is 1.29. The van der Waals surface area contributed by atoms with E-state index in [1.165, 1.54) is 19.1 Å². The average Bonchev–Trinajstić information content (AvgIpc) is 2.58. The maximum Gasteiger partial charge on any atom is 0.242 e. The number of hydrogen-bond donors (Lipinski definition) is 2. The van der Waals surface area contributed by atoms with E-state index in [9.17, 15) is 13.2 Å². The molecule has 0 aromatic heterocycles. The maximum absolute atomic E-state index is 12.5. The number of aryl methyl sites for hydroxylation is 1. The predicted molar refractivity (Wildman–Crippen MR) is 105 cm³/mol. The van der Waals surface area contributed by atoms with Gasteiger partial charge in [0.15, 0.2) is 0 Å². The zero-order chi connectivity index (χ0) is 19.3. The number of sulfonamides is 1. The zero-order valence-corrected chi connectivity index (χ0v) is 17.1. The Morgan fingerprint density at radius 3 is 2.42 bits per heavy atom. The average molecular weight is 441 g/mol. The van der Waals surface area contributed by atoms with Crippen LogP contribution in [-0.4, -0.2) is 27.0 Å². The van der Waals surface area contributed by atoms with Gasteiger partial charge in [0.1, 0.15) is 5.75 Å². The molecule has 0 unspecified atom stereocenters. The van der Waals surface area contributed by atoms with Gasteiger partial charge in [-0.1, -0.05) is 15.9 Å². The lowest BCUT2D eigenvalue weighted by Crippen LogP contribution is -2.41. The van der Waals surface area contributed by atoms with Crippen LogP contribution in [0.1, 0.15) is 19.4 Å². The molecule has 2 rings (SSSR count). The number of nitrogens with one attached hydrogen (secondary N) is 2. The minimum absolute atomic E-state index is 0.0849. The van der Waals surface area contributed by atoms with Crippen molar-refractivity contribution < 1.29 is 17.9 Å². The third kappa shape index (κ3) is 5.30. The number of benzene rings is 2. The molecule has 2 N–H and O–H groups in total. The van der Waals surface area contributed by atoms with Crippen LogP contribution in [0, 0.1) is 6.92 Å². The highest BCUT2D eigenvalue weighted by Crippen LogP contribution is 2.22. The number of carbonyl (C=O) groups excluding carboxylic acids is 1. The van der Waals surface area contributed by atoms with E-state index in [-0.39, 0.29) is 4.90 Å². The van der Waals surface area contributed by atoms with Gasteiger partial charge in [-0.05, 0) is 68.8 Å². The van der Waals surface area contributed by atoms with Crippen molar-refractivity contribution in [1.82, 2.24) is 4.72 Å². The van der Waals surface area contributed by atoms with Crippen molar-refractivity contribution in [3.05, 3.63) is 52.5 Å². The molecule has 0 aliphatic heterocycles. The molecule has 140 valence electrons. The molecule has 0 heterocycles. The van der Waals surface area contributed by atoms with Gasteiger partial charge in [0.25, 0.3) is 0 Å². The first-order valence-electron chi connectivity index (χ1n) is 8.05. The summed E-state index contributed by atoms with van der Waals surface area (Å²) in [6.45, 7) is 5.62. The van der Waals surface area contributed by atoms with E-state index in [2.05, 4.69) is 26.0 Å². The van der Waals surface area contributed by atoms with Gasteiger partial charge in [-0.2, -0.15) is 4.72 Å². The summed E-state index contributed by atoms with van der Waals surface area (Å²) in [5.74, 6) is 0.186. The van der Waals surface area contributed by atoms with Crippen molar-refractivity contribution in [3.8, 4) is 5.75 Å². The van der Waals surface area contributed by atoms with Gasteiger partial charge < -0.3 is 10.1 Å². The molecule has 8 heteroatoms. The Balaban J connectivity index is 2.08. The number of rotatable bonds is 7. The second-order valence-corrected chi connectivity index (χ2v) is 8.33. The minimum atomic E-state index is -3.83. The maximum atomic E-state index is 12.5. The number of hydrogen-bond acceptors (Lipinski definition) is 4. The summed E-state index contributed by atoms with van der Waals surface area (Å²) >= 11 is 3.31. The van der Waals surface area contributed by atoms with Gasteiger partial charge in [-0.3, -0.25) is 4.79 Å². The van der Waals surface area contributed by atoms with Crippen molar-refractivity contribution in [1.29, 1.82) is 0 Å². The lowest BCUT2D eigenvalue weighted by atomic mass is 10.2. The molecule has 0 radical (unpaired) electrons. The fraction of sp³-hybridized carbons (Fsp3) is 0.278. The van der Waals surface area contributed by atoms with Gasteiger partial charge in [0, 0.05) is 10.2 Å². The fourth-order valence-electron chi connectivity index (χ4n) is 2.24. The Labute approximate surface area is 162 Å². The van der Waals surface area contributed by atoms with Crippen LogP contribution in [0.4, 0.5) is 5.69 Å². The van der Waals surface area contributed by atoms with Gasteiger partial charge >= 0.3 is 0 Å². The molecule has 26 heavy (non-hydrogen) atoms. The van der Waals surface area contributed by atoms with E-state index in [0.29, 0.717) is 23.6 Å². The van der Waals surface area contributed by atoms with Crippen LogP contribution in [0.3, 0.4) is 0 Å². The highest BCUT2D eigenvalue weighted by molar-refractivity contribution is 9.10. The van der Waals surface area contributed by atoms with Crippen molar-refractivity contribution in [3.63, 3.8) is 0 Å². The smallest absolute Gasteiger partial charge is 0.242 e. The number of halogens is 1. The Morgan fingerprint density at radius 2 is 1.85 bits per heavy atom. The number of carbonyl (C=O) groups is 1. The van der Waals surface area contributed by atoms with Crippen molar-refractivity contribution in [2.45, 2.75) is 31.7 Å². The lowest BCUT2D eigenvalue weighted by Gasteiger charge is -2.15. The van der Waals surface area contributed by atoms with E-state index >= 15 is 0 Å². The molecule has 0 aliphatic rings. The third-order valence-corrected chi connectivity index (χ3v) is 5.66. The normalized spacial score (nSPS) is 12.5. The Hall–Kier alpha value is -1.90. The van der Waals surface area contributed by atoms with Gasteiger partial charge in [0.05, 0.1) is 17.5 Å². The molecule has 2 aromatic rings. The first kappa shape index (κ1) is 20.4. The predicted octanol–water partition coefficient (Wildman–Crippen LogP) is 3.46. The molecule has 1 atom stereocenters. The summed E-state index contributed by atoms with van der Waals surface area (Å²) in [6.07, 6.45) is 0. The largest absolute Gasteiger partial charge is 0.494 e. The lowest BCUT2D eigenvalue weighted by molar-refractivity contribution is -0.117. The van der Waals surface area contributed by atoms with Crippen LogP contribution in [0.2, 0.25) is 0 Å². The van der Waals surface area contributed by atoms with E-state index in [4.69, 9.17) is 4.74 Å². The highest BCUT2D eigenvalue weighted by Gasteiger charge is 2.22. The second kappa shape index (κ2) is 8.66. The van der Waals surface area contributed by atoms with Crippen LogP contribution in [-0.2, 0) is 14.8 Å². The highest BCUT2D eigenvalue weighted by atomic mass is 79.9. The summed E-state index contributed by atoms with van der Waals surface area (Å²) in [7, 11) is -3.83. The Kier molecular flexibility index (Phi) is 6.80. The van der Waals surface area contributed by atoms with Crippen LogP contribution in [0.15, 0.2) is 51.8 Å². The molecule has 0 aliphatic carbocycles. The first-order chi connectivity index (χ1) is 12.2. The van der Waals surface area contributed by atoms with Gasteiger partial charge in [-0.15, -0.1) is 0 Å². The number of amides is 1. The van der Waals surface area contributed by atoms with Crippen molar-refractivity contribution in [2.24, 2.45) is 0 Å². The summed E-state index contributed by atoms with van der Waals surface area (Å²) in [6, 6.07) is 10.7. The SMILES string of the molecule is CCOc1ccc(S(=O)(=O)N[C@@H](C)C(=O)Nc2ccc(Br)cc2)cc1C. The van der Waals surface area contributed by atoms with E-state index in [0.717, 1.165) is 4.47 Å². The van der Waals surface area contributed by atoms with Crippen molar-refractivity contribution in [2.75, 3.05) is 11.9 Å². The quantitative estimate of drug-likeness (QED) is 0.690. The molecule has 0 fully saturated rings. The van der Waals surface area contributed by atoms with Crippen LogP contribution < -0.4 is 14.8 Å². The van der Waals surface area contributed by atoms with Gasteiger partial charge in [0.2, 0.25) is 15.9 Å². The molecule has 2 aromatic carbocycles. The van der Waals surface area contributed by atoms with Crippen LogP contribution >= 0.6 is 15.9 Å². The number of anilines is 1. The third-order valence-electron chi connectivity index (χ3n) is 3.59. The summed E-state index contributed by atoms with van der Waals surface area (Å²) < 4.78 is 33.7. The molecule has 0 bridgehead atoms. The second-order valence-electron chi connectivity index (χ2n) is 5.70. The fourth-order valence-corrected chi connectivity index (χ4v) is 3.80. The molecule has 6 nitrogen and oxygen atoms in total. The monoisotopic (exact) mass is 440 g/mol. The molecule has 0 saturated carbocycles. The van der Waals surface area contributed by atoms with E-state index in [1.54, 1.807) is 37.3 Å². The Bertz CT molecular complexity index is 883. The first-order valence-corrected chi connectivity index (χ1v) is 10.3. The summed E-state index contributed by atoms with van der Waals surface area (Å²) in [5, 5.41) is 2.67. The summed E-state index contributed by atoms with van der Waals surface area (Å²) in [4.78, 5) is 12.3. The standard InChI is InChI=1S/C18H21BrN2O4S/c1-4-25-17-10-9-16(11-12(17)2)26(23,24)21-13(3)18(22)20-15-7-5-14(19)6-8-15/h5-11,13,21H,4H2,1-3H3,(H,20,22)/t13-/m0/s1. The van der Waals surface area contributed by atoms with E-state index in [1.807, 2.05) is 6.92 Å².